The van der Waals surface area contributed by atoms with Gasteiger partial charge in [-0.3, -0.25) is 9.59 Å². The highest BCUT2D eigenvalue weighted by atomic mass is 16.5. The monoisotopic (exact) mass is 386 g/mol. The molecule has 0 radical (unpaired) electrons. The van der Waals surface area contributed by atoms with Gasteiger partial charge in [0.25, 0.3) is 5.91 Å². The Morgan fingerprint density at radius 1 is 0.929 bits per heavy atom. The van der Waals surface area contributed by atoms with E-state index in [-0.39, 0.29) is 23.8 Å². The first-order valence-electron chi connectivity index (χ1n) is 10.6. The van der Waals surface area contributed by atoms with Crippen LogP contribution in [0, 0.1) is 5.92 Å². The predicted molar refractivity (Wildman–Crippen MR) is 110 cm³/mol. The zero-order valence-corrected chi connectivity index (χ0v) is 17.6. The van der Waals surface area contributed by atoms with Crippen LogP contribution in [-0.4, -0.2) is 54.4 Å². The molecule has 1 aromatic rings. The largest absolute Gasteiger partial charge is 0.484 e. The summed E-state index contributed by atoms with van der Waals surface area (Å²) in [5.74, 6) is 1.09. The zero-order valence-electron chi connectivity index (χ0n) is 17.6. The number of benzene rings is 1. The molecule has 2 aliphatic heterocycles. The Balaban J connectivity index is 1.43. The van der Waals surface area contributed by atoms with Crippen LogP contribution in [0.2, 0.25) is 0 Å². The molecular formula is C23H34N2O3. The Hall–Kier alpha value is -2.04. The highest BCUT2D eigenvalue weighted by Crippen LogP contribution is 2.25. The highest BCUT2D eigenvalue weighted by molar-refractivity contribution is 5.80. The fourth-order valence-electron chi connectivity index (χ4n) is 4.04. The minimum Gasteiger partial charge on any atom is -0.484 e. The Kier molecular flexibility index (Phi) is 6.63. The molecule has 5 nitrogen and oxygen atoms in total. The fraction of sp³-hybridized carbons (Fsp3) is 0.652. The van der Waals surface area contributed by atoms with E-state index in [1.807, 2.05) is 21.9 Å². The van der Waals surface area contributed by atoms with Gasteiger partial charge in [-0.2, -0.15) is 0 Å². The number of hydrogen-bond donors (Lipinski definition) is 0. The van der Waals surface area contributed by atoms with Gasteiger partial charge in [-0.1, -0.05) is 32.9 Å². The molecule has 2 saturated heterocycles. The van der Waals surface area contributed by atoms with E-state index in [4.69, 9.17) is 4.74 Å². The molecule has 0 unspecified atom stereocenters. The molecule has 0 bridgehead atoms. The summed E-state index contributed by atoms with van der Waals surface area (Å²) < 4.78 is 5.69. The van der Waals surface area contributed by atoms with E-state index >= 15 is 0 Å². The molecule has 1 aromatic carbocycles. The molecule has 0 saturated carbocycles. The third kappa shape index (κ3) is 5.27. The maximum Gasteiger partial charge on any atom is 0.260 e. The maximum absolute atomic E-state index is 12.6. The van der Waals surface area contributed by atoms with Crippen LogP contribution < -0.4 is 4.74 Å². The van der Waals surface area contributed by atoms with Crippen LogP contribution in [0.25, 0.3) is 0 Å². The summed E-state index contributed by atoms with van der Waals surface area (Å²) in [6.07, 6.45) is 5.01. The van der Waals surface area contributed by atoms with E-state index in [1.54, 1.807) is 0 Å². The second-order valence-corrected chi connectivity index (χ2v) is 9.10. The molecule has 0 spiro atoms. The SMILES string of the molecule is CC(C)(C)c1ccc(OCC(=O)N2CCC(C(=O)N3CCCCC3)CC2)cc1. The molecule has 2 amide bonds. The van der Waals surface area contributed by atoms with Crippen molar-refractivity contribution in [3.63, 3.8) is 0 Å². The number of piperidine rings is 2. The molecule has 2 aliphatic rings. The maximum atomic E-state index is 12.6. The quantitative estimate of drug-likeness (QED) is 0.794. The van der Waals surface area contributed by atoms with E-state index in [0.717, 1.165) is 44.5 Å². The van der Waals surface area contributed by atoms with Crippen molar-refractivity contribution >= 4 is 11.8 Å². The Morgan fingerprint density at radius 3 is 2.11 bits per heavy atom. The van der Waals surface area contributed by atoms with Crippen LogP contribution in [0.15, 0.2) is 24.3 Å². The predicted octanol–water partition coefficient (Wildman–Crippen LogP) is 3.61. The normalized spacial score (nSPS) is 18.8. The molecule has 2 heterocycles. The highest BCUT2D eigenvalue weighted by Gasteiger charge is 2.30. The lowest BCUT2D eigenvalue weighted by molar-refractivity contribution is -0.142. The number of nitrogens with zero attached hydrogens (tertiary/aromatic N) is 2. The summed E-state index contributed by atoms with van der Waals surface area (Å²) in [6.45, 7) is 9.67. The summed E-state index contributed by atoms with van der Waals surface area (Å²) in [5.41, 5.74) is 1.34. The Morgan fingerprint density at radius 2 is 1.54 bits per heavy atom. The third-order valence-corrected chi connectivity index (χ3v) is 5.95. The van der Waals surface area contributed by atoms with Crippen molar-refractivity contribution in [2.45, 2.75) is 58.3 Å². The average Bonchev–Trinajstić information content (AvgIpc) is 2.72. The first-order valence-corrected chi connectivity index (χ1v) is 10.6. The standard InChI is InChI=1S/C23H34N2O3/c1-23(2,3)19-7-9-20(10-8-19)28-17-21(26)24-15-11-18(12-16-24)22(27)25-13-5-4-6-14-25/h7-10,18H,4-6,11-17H2,1-3H3. The second-order valence-electron chi connectivity index (χ2n) is 9.10. The van der Waals surface area contributed by atoms with Crippen LogP contribution in [0.4, 0.5) is 0 Å². The van der Waals surface area contributed by atoms with Crippen molar-refractivity contribution in [3.8, 4) is 5.75 Å². The van der Waals surface area contributed by atoms with Gasteiger partial charge in [0.05, 0.1) is 0 Å². The molecule has 5 heteroatoms. The minimum absolute atomic E-state index is 0.00349. The molecule has 3 rings (SSSR count). The van der Waals surface area contributed by atoms with Crippen LogP contribution in [0.3, 0.4) is 0 Å². The number of hydrogen-bond acceptors (Lipinski definition) is 3. The fourth-order valence-corrected chi connectivity index (χ4v) is 4.04. The molecule has 0 aliphatic carbocycles. The summed E-state index contributed by atoms with van der Waals surface area (Å²) in [4.78, 5) is 29.0. The number of amides is 2. The van der Waals surface area contributed by atoms with Gasteiger partial charge in [0.15, 0.2) is 6.61 Å². The molecule has 154 valence electrons. The van der Waals surface area contributed by atoms with Crippen molar-refractivity contribution in [1.82, 2.24) is 9.80 Å². The molecule has 28 heavy (non-hydrogen) atoms. The minimum atomic E-state index is 0.00349. The first kappa shape index (κ1) is 20.7. The number of carbonyl (C=O) groups excluding carboxylic acids is 2. The summed E-state index contributed by atoms with van der Waals surface area (Å²) >= 11 is 0. The van der Waals surface area contributed by atoms with Gasteiger partial charge in [-0.15, -0.1) is 0 Å². The van der Waals surface area contributed by atoms with Crippen molar-refractivity contribution in [2.75, 3.05) is 32.8 Å². The number of ether oxygens (including phenoxy) is 1. The van der Waals surface area contributed by atoms with E-state index in [1.165, 1.54) is 12.0 Å². The zero-order chi connectivity index (χ0) is 20.1. The van der Waals surface area contributed by atoms with Crippen molar-refractivity contribution in [3.05, 3.63) is 29.8 Å². The van der Waals surface area contributed by atoms with Gasteiger partial charge in [0.2, 0.25) is 5.91 Å². The van der Waals surface area contributed by atoms with Crippen LogP contribution in [-0.2, 0) is 15.0 Å². The Bertz CT molecular complexity index is 664. The van der Waals surface area contributed by atoms with Gasteiger partial charge < -0.3 is 14.5 Å². The third-order valence-electron chi connectivity index (χ3n) is 5.95. The lowest BCUT2D eigenvalue weighted by Gasteiger charge is -2.35. The van der Waals surface area contributed by atoms with Crippen LogP contribution in [0.1, 0.15) is 58.4 Å². The van der Waals surface area contributed by atoms with Gasteiger partial charge >= 0.3 is 0 Å². The molecule has 0 aromatic heterocycles. The van der Waals surface area contributed by atoms with Gasteiger partial charge in [0.1, 0.15) is 5.75 Å². The topological polar surface area (TPSA) is 49.9 Å². The second kappa shape index (κ2) is 8.97. The molecule has 0 N–H and O–H groups in total. The van der Waals surface area contributed by atoms with Crippen LogP contribution in [0.5, 0.6) is 5.75 Å². The van der Waals surface area contributed by atoms with Gasteiger partial charge in [0, 0.05) is 32.1 Å². The van der Waals surface area contributed by atoms with Crippen molar-refractivity contribution < 1.29 is 14.3 Å². The number of rotatable bonds is 4. The summed E-state index contributed by atoms with van der Waals surface area (Å²) in [7, 11) is 0. The molecule has 2 fully saturated rings. The Labute approximate surface area is 169 Å². The number of carbonyl (C=O) groups is 2. The van der Waals surface area contributed by atoms with E-state index < -0.39 is 0 Å². The van der Waals surface area contributed by atoms with Gasteiger partial charge in [-0.05, 0) is 55.2 Å². The van der Waals surface area contributed by atoms with Crippen molar-refractivity contribution in [1.29, 1.82) is 0 Å². The number of likely N-dealkylation sites (tertiary alicyclic amines) is 2. The first-order chi connectivity index (χ1) is 13.3. The van der Waals surface area contributed by atoms with E-state index in [2.05, 4.69) is 32.9 Å². The summed E-state index contributed by atoms with van der Waals surface area (Å²) in [6, 6.07) is 7.96. The molecular weight excluding hydrogens is 352 g/mol. The van der Waals surface area contributed by atoms with E-state index in [9.17, 15) is 9.59 Å². The molecule has 0 atom stereocenters. The van der Waals surface area contributed by atoms with Gasteiger partial charge in [-0.25, -0.2) is 0 Å². The van der Waals surface area contributed by atoms with Crippen LogP contribution >= 0.6 is 0 Å². The lowest BCUT2D eigenvalue weighted by Crippen LogP contribution is -2.46. The lowest BCUT2D eigenvalue weighted by atomic mass is 9.87. The summed E-state index contributed by atoms with van der Waals surface area (Å²) in [5, 5.41) is 0. The van der Waals surface area contributed by atoms with E-state index in [0.29, 0.717) is 19.0 Å². The van der Waals surface area contributed by atoms with Crippen molar-refractivity contribution in [2.24, 2.45) is 5.92 Å². The smallest absolute Gasteiger partial charge is 0.260 e. The average molecular weight is 387 g/mol.